The summed E-state index contributed by atoms with van der Waals surface area (Å²) in [5, 5.41) is 2.91. The Morgan fingerprint density at radius 3 is 2.59 bits per heavy atom. The zero-order valence-corrected chi connectivity index (χ0v) is 20.6. The van der Waals surface area contributed by atoms with Gasteiger partial charge in [0.05, 0.1) is 10.4 Å². The molecule has 184 valence electrons. The first-order valence-corrected chi connectivity index (χ1v) is 13.0. The minimum Gasteiger partial charge on any atom is -0.352 e. The second-order valence-electron chi connectivity index (χ2n) is 8.18. The minimum atomic E-state index is -3.77. The number of rotatable bonds is 11. The van der Waals surface area contributed by atoms with Crippen LogP contribution in [-0.2, 0) is 21.4 Å². The van der Waals surface area contributed by atoms with Crippen LogP contribution in [0.5, 0.6) is 0 Å². The number of nitrogens with zero attached hydrogens (tertiary/aromatic N) is 3. The Kier molecular flexibility index (Phi) is 8.27. The van der Waals surface area contributed by atoms with Gasteiger partial charge in [-0.3, -0.25) is 14.4 Å². The van der Waals surface area contributed by atoms with E-state index in [1.165, 1.54) is 22.6 Å². The van der Waals surface area contributed by atoms with Gasteiger partial charge in [0.25, 0.3) is 5.91 Å². The normalized spacial score (nSPS) is 14.2. The first kappa shape index (κ1) is 25.6. The number of hydrogen-bond acceptors (Lipinski definition) is 5. The van der Waals surface area contributed by atoms with Gasteiger partial charge in [-0.05, 0) is 31.0 Å². The van der Waals surface area contributed by atoms with Crippen molar-refractivity contribution in [1.29, 1.82) is 0 Å². The van der Waals surface area contributed by atoms with Gasteiger partial charge in [0.1, 0.15) is 5.56 Å². The van der Waals surface area contributed by atoms with Gasteiger partial charge in [-0.25, -0.2) is 8.42 Å². The average Bonchev–Trinajstić information content (AvgIpc) is 3.23. The molecule has 0 aliphatic carbocycles. The number of aromatic nitrogens is 1. The second-order valence-corrected chi connectivity index (χ2v) is 10.1. The lowest BCUT2D eigenvalue weighted by atomic mass is 10.1. The zero-order valence-electron chi connectivity index (χ0n) is 19.7. The van der Waals surface area contributed by atoms with Crippen molar-refractivity contribution < 1.29 is 18.0 Å². The molecule has 10 heteroatoms. The lowest BCUT2D eigenvalue weighted by Gasteiger charge is -2.19. The molecule has 1 saturated heterocycles. The third-order valence-electron chi connectivity index (χ3n) is 6.03. The van der Waals surface area contributed by atoms with E-state index in [0.29, 0.717) is 51.1 Å². The number of carbonyl (C=O) groups excluding carboxylic acids is 2. The summed E-state index contributed by atoms with van der Waals surface area (Å²) in [5.41, 5.74) is -0.0735. The summed E-state index contributed by atoms with van der Waals surface area (Å²) in [6.07, 6.45) is 5.12. The van der Waals surface area contributed by atoms with Crippen LogP contribution in [0.3, 0.4) is 0 Å². The number of amides is 2. The van der Waals surface area contributed by atoms with E-state index in [2.05, 4.69) is 11.9 Å². The number of fused-ring (bicyclic) bond motifs is 1. The molecule has 1 aromatic heterocycles. The first-order valence-electron chi connectivity index (χ1n) is 11.6. The van der Waals surface area contributed by atoms with Crippen molar-refractivity contribution in [2.75, 3.05) is 32.7 Å². The molecule has 1 aliphatic heterocycles. The minimum absolute atomic E-state index is 0.0128. The van der Waals surface area contributed by atoms with E-state index < -0.39 is 21.4 Å². The summed E-state index contributed by atoms with van der Waals surface area (Å²) < 4.78 is 29.0. The van der Waals surface area contributed by atoms with E-state index in [4.69, 9.17) is 0 Å². The van der Waals surface area contributed by atoms with Crippen LogP contribution in [-0.4, -0.2) is 66.7 Å². The van der Waals surface area contributed by atoms with E-state index in [-0.39, 0.29) is 21.8 Å². The lowest BCUT2D eigenvalue weighted by Crippen LogP contribution is -2.33. The molecule has 0 bridgehead atoms. The van der Waals surface area contributed by atoms with Crippen LogP contribution in [0.2, 0.25) is 0 Å². The summed E-state index contributed by atoms with van der Waals surface area (Å²) in [4.78, 5) is 39.6. The van der Waals surface area contributed by atoms with Crippen molar-refractivity contribution in [3.8, 4) is 0 Å². The Morgan fingerprint density at radius 2 is 1.97 bits per heavy atom. The molecule has 0 atom stereocenters. The van der Waals surface area contributed by atoms with Crippen molar-refractivity contribution in [2.24, 2.45) is 0 Å². The number of carbonyl (C=O) groups is 2. The molecule has 3 rings (SSSR count). The molecule has 2 heterocycles. The molecule has 1 fully saturated rings. The van der Waals surface area contributed by atoms with Crippen LogP contribution in [0, 0.1) is 0 Å². The number of likely N-dealkylation sites (tertiary alicyclic amines) is 1. The summed E-state index contributed by atoms with van der Waals surface area (Å²) >= 11 is 0. The molecular weight excluding hydrogens is 456 g/mol. The van der Waals surface area contributed by atoms with Crippen LogP contribution >= 0.6 is 0 Å². The maximum atomic E-state index is 13.2. The Morgan fingerprint density at radius 1 is 1.24 bits per heavy atom. The SMILES string of the molecule is C=CCn1cc(C(=O)NCCCN2CCCC2=O)c(=O)c2cc(S(=O)(=O)N(CC)CC)ccc21. The Bertz CT molecular complexity index is 1250. The predicted octanol–water partition coefficient (Wildman–Crippen LogP) is 1.96. The van der Waals surface area contributed by atoms with Gasteiger partial charge < -0.3 is 14.8 Å². The summed E-state index contributed by atoms with van der Waals surface area (Å²) in [6.45, 7) is 9.81. The molecule has 9 nitrogen and oxygen atoms in total. The van der Waals surface area contributed by atoms with Gasteiger partial charge in [0.2, 0.25) is 21.4 Å². The van der Waals surface area contributed by atoms with Crippen LogP contribution in [0.1, 0.15) is 43.5 Å². The first-order chi connectivity index (χ1) is 16.2. The fourth-order valence-corrected chi connectivity index (χ4v) is 5.69. The highest BCUT2D eigenvalue weighted by molar-refractivity contribution is 7.89. The van der Waals surface area contributed by atoms with Crippen LogP contribution in [0.15, 0.2) is 46.7 Å². The van der Waals surface area contributed by atoms with Gasteiger partial charge in [-0.15, -0.1) is 6.58 Å². The molecule has 2 aromatic rings. The van der Waals surface area contributed by atoms with E-state index in [9.17, 15) is 22.8 Å². The Labute approximate surface area is 200 Å². The van der Waals surface area contributed by atoms with Crippen LogP contribution in [0.25, 0.3) is 10.9 Å². The number of allylic oxidation sites excluding steroid dienone is 1. The third kappa shape index (κ3) is 5.23. The maximum Gasteiger partial charge on any atom is 0.256 e. The molecule has 0 radical (unpaired) electrons. The largest absolute Gasteiger partial charge is 0.352 e. The monoisotopic (exact) mass is 488 g/mol. The summed E-state index contributed by atoms with van der Waals surface area (Å²) in [5.74, 6) is -0.405. The van der Waals surface area contributed by atoms with Crippen LogP contribution in [0.4, 0.5) is 0 Å². The predicted molar refractivity (Wildman–Crippen MR) is 131 cm³/mol. The van der Waals surface area contributed by atoms with Crippen molar-refractivity contribution in [3.05, 3.63) is 52.8 Å². The van der Waals surface area contributed by atoms with E-state index in [1.54, 1.807) is 35.5 Å². The van der Waals surface area contributed by atoms with E-state index in [1.807, 2.05) is 0 Å². The maximum absolute atomic E-state index is 13.2. The molecule has 0 unspecified atom stereocenters. The Balaban J connectivity index is 1.91. The quantitative estimate of drug-likeness (QED) is 0.384. The topological polar surface area (TPSA) is 109 Å². The molecule has 0 saturated carbocycles. The van der Waals surface area contributed by atoms with Gasteiger partial charge in [-0.1, -0.05) is 19.9 Å². The summed E-state index contributed by atoms with van der Waals surface area (Å²) in [6, 6.07) is 4.42. The molecule has 2 amide bonds. The molecular formula is C24H32N4O5S. The van der Waals surface area contributed by atoms with Crippen molar-refractivity contribution in [2.45, 2.75) is 44.6 Å². The van der Waals surface area contributed by atoms with Gasteiger partial charge >= 0.3 is 0 Å². The number of hydrogen-bond donors (Lipinski definition) is 1. The fraction of sp³-hybridized carbons (Fsp3) is 0.458. The smallest absolute Gasteiger partial charge is 0.256 e. The van der Waals surface area contributed by atoms with Crippen LogP contribution < -0.4 is 10.7 Å². The average molecular weight is 489 g/mol. The van der Waals surface area contributed by atoms with E-state index >= 15 is 0 Å². The van der Waals surface area contributed by atoms with E-state index in [0.717, 1.165) is 13.0 Å². The number of sulfonamides is 1. The number of nitrogens with one attached hydrogen (secondary N) is 1. The van der Waals surface area contributed by atoms with Crippen molar-refractivity contribution in [1.82, 2.24) is 19.1 Å². The third-order valence-corrected chi connectivity index (χ3v) is 8.07. The molecule has 34 heavy (non-hydrogen) atoms. The van der Waals surface area contributed by atoms with Crippen molar-refractivity contribution >= 4 is 32.7 Å². The highest BCUT2D eigenvalue weighted by Crippen LogP contribution is 2.21. The zero-order chi connectivity index (χ0) is 24.9. The fourth-order valence-electron chi connectivity index (χ4n) is 4.21. The highest BCUT2D eigenvalue weighted by Gasteiger charge is 2.24. The Hall–Kier alpha value is -2.98. The number of benzene rings is 1. The standard InChI is InChI=1S/C24H32N4O5S/c1-4-13-27-17-20(24(31)25-12-8-15-26-14-7-9-22(26)29)23(30)19-16-18(10-11-21(19)27)34(32,33)28(5-2)6-3/h4,10-11,16-17H,1,5-9,12-15H2,2-3H3,(H,25,31). The van der Waals surface area contributed by atoms with Gasteiger partial charge in [0.15, 0.2) is 0 Å². The number of pyridine rings is 1. The molecule has 1 N–H and O–H groups in total. The van der Waals surface area contributed by atoms with Gasteiger partial charge in [-0.2, -0.15) is 4.31 Å². The van der Waals surface area contributed by atoms with Crippen molar-refractivity contribution in [3.63, 3.8) is 0 Å². The highest BCUT2D eigenvalue weighted by atomic mass is 32.2. The molecule has 1 aromatic carbocycles. The van der Waals surface area contributed by atoms with Gasteiger partial charge in [0, 0.05) is 57.3 Å². The lowest BCUT2D eigenvalue weighted by molar-refractivity contribution is -0.127. The molecule has 0 spiro atoms. The summed E-state index contributed by atoms with van der Waals surface area (Å²) in [7, 11) is -3.77. The second kappa shape index (κ2) is 11.0. The molecule has 1 aliphatic rings.